The number of ether oxygens (including phenoxy) is 1. The fourth-order valence-electron chi connectivity index (χ4n) is 2.99. The van der Waals surface area contributed by atoms with Crippen LogP contribution in [0.4, 0.5) is 0 Å². The molecular formula is C16H24O. The van der Waals surface area contributed by atoms with Gasteiger partial charge in [0.15, 0.2) is 0 Å². The lowest BCUT2D eigenvalue weighted by atomic mass is 9.78. The van der Waals surface area contributed by atoms with Crippen molar-refractivity contribution in [3.05, 3.63) is 35.4 Å². The zero-order valence-electron chi connectivity index (χ0n) is 11.3. The quantitative estimate of drug-likeness (QED) is 0.753. The van der Waals surface area contributed by atoms with Crippen molar-refractivity contribution in [3.8, 4) is 0 Å². The minimum absolute atomic E-state index is 0.602. The average molecular weight is 232 g/mol. The smallest absolute Gasteiger partial charge is 0.0537 e. The van der Waals surface area contributed by atoms with Crippen molar-refractivity contribution < 1.29 is 4.74 Å². The van der Waals surface area contributed by atoms with E-state index in [1.54, 1.807) is 0 Å². The molecule has 94 valence electrons. The molecule has 1 fully saturated rings. The van der Waals surface area contributed by atoms with Gasteiger partial charge < -0.3 is 4.74 Å². The summed E-state index contributed by atoms with van der Waals surface area (Å²) < 4.78 is 5.70. The van der Waals surface area contributed by atoms with Crippen molar-refractivity contribution >= 4 is 0 Å². The topological polar surface area (TPSA) is 9.23 Å². The van der Waals surface area contributed by atoms with Gasteiger partial charge in [0.2, 0.25) is 0 Å². The Morgan fingerprint density at radius 1 is 1.29 bits per heavy atom. The molecule has 1 aromatic carbocycles. The van der Waals surface area contributed by atoms with Gasteiger partial charge in [-0.15, -0.1) is 0 Å². The molecule has 0 N–H and O–H groups in total. The summed E-state index contributed by atoms with van der Waals surface area (Å²) in [5.74, 6) is 2.00. The Bertz CT molecular complexity index is 356. The third kappa shape index (κ3) is 2.71. The van der Waals surface area contributed by atoms with Gasteiger partial charge in [-0.3, -0.25) is 0 Å². The molecular weight excluding hydrogens is 208 g/mol. The Hall–Kier alpha value is -0.820. The third-order valence-corrected chi connectivity index (χ3v) is 4.04. The van der Waals surface area contributed by atoms with E-state index in [-0.39, 0.29) is 0 Å². The van der Waals surface area contributed by atoms with E-state index in [1.165, 1.54) is 24.0 Å². The van der Waals surface area contributed by atoms with E-state index < -0.39 is 0 Å². The number of hydrogen-bond donors (Lipinski definition) is 0. The molecule has 2 rings (SSSR count). The fourth-order valence-corrected chi connectivity index (χ4v) is 2.99. The van der Waals surface area contributed by atoms with E-state index in [2.05, 4.69) is 45.0 Å². The zero-order valence-corrected chi connectivity index (χ0v) is 11.3. The van der Waals surface area contributed by atoms with Crippen LogP contribution in [-0.2, 0) is 4.74 Å². The second-order valence-electron chi connectivity index (χ2n) is 5.42. The number of hydrogen-bond acceptors (Lipinski definition) is 1. The predicted octanol–water partition coefficient (Wildman–Crippen LogP) is 4.34. The van der Waals surface area contributed by atoms with E-state index in [9.17, 15) is 0 Å². The lowest BCUT2D eigenvalue weighted by Crippen LogP contribution is -2.26. The Balaban J connectivity index is 2.31. The molecule has 1 heterocycles. The first-order valence-electron chi connectivity index (χ1n) is 6.90. The summed E-state index contributed by atoms with van der Waals surface area (Å²) in [5.41, 5.74) is 3.02. The Labute approximate surface area is 105 Å². The monoisotopic (exact) mass is 232 g/mol. The van der Waals surface area contributed by atoms with E-state index in [0.29, 0.717) is 11.8 Å². The number of rotatable bonds is 3. The lowest BCUT2D eigenvalue weighted by molar-refractivity contribution is 0.0453. The van der Waals surface area contributed by atoms with Crippen LogP contribution in [0.15, 0.2) is 24.3 Å². The van der Waals surface area contributed by atoms with Crippen molar-refractivity contribution in [1.82, 2.24) is 0 Å². The van der Waals surface area contributed by atoms with Gasteiger partial charge in [-0.1, -0.05) is 51.5 Å². The molecule has 0 amide bonds. The van der Waals surface area contributed by atoms with Crippen molar-refractivity contribution in [2.45, 2.75) is 45.4 Å². The van der Waals surface area contributed by atoms with Crippen LogP contribution in [0.25, 0.3) is 0 Å². The van der Waals surface area contributed by atoms with Crippen molar-refractivity contribution in [1.29, 1.82) is 0 Å². The summed E-state index contributed by atoms with van der Waals surface area (Å²) in [6, 6.07) is 8.91. The molecule has 1 saturated heterocycles. The van der Waals surface area contributed by atoms with Gasteiger partial charge in [-0.25, -0.2) is 0 Å². The molecule has 1 aromatic rings. The van der Waals surface area contributed by atoms with Gasteiger partial charge in [-0.05, 0) is 29.4 Å². The maximum absolute atomic E-state index is 5.70. The van der Waals surface area contributed by atoms with Gasteiger partial charge >= 0.3 is 0 Å². The maximum Gasteiger partial charge on any atom is 0.0537 e. The molecule has 0 radical (unpaired) electrons. The Morgan fingerprint density at radius 3 is 2.76 bits per heavy atom. The molecule has 1 aliphatic rings. The van der Waals surface area contributed by atoms with Crippen molar-refractivity contribution in [2.75, 3.05) is 13.2 Å². The highest BCUT2D eigenvalue weighted by Gasteiger charge is 2.27. The zero-order chi connectivity index (χ0) is 12.3. The second kappa shape index (κ2) is 5.68. The van der Waals surface area contributed by atoms with Crippen molar-refractivity contribution in [3.63, 3.8) is 0 Å². The molecule has 0 aromatic heterocycles. The first kappa shape index (κ1) is 12.6. The van der Waals surface area contributed by atoms with Crippen LogP contribution in [0.3, 0.4) is 0 Å². The number of benzene rings is 1. The van der Waals surface area contributed by atoms with Crippen LogP contribution in [0.2, 0.25) is 0 Å². The summed E-state index contributed by atoms with van der Waals surface area (Å²) >= 11 is 0. The van der Waals surface area contributed by atoms with Gasteiger partial charge in [0, 0.05) is 12.5 Å². The van der Waals surface area contributed by atoms with Crippen molar-refractivity contribution in [2.24, 2.45) is 5.92 Å². The van der Waals surface area contributed by atoms with E-state index in [0.717, 1.165) is 19.1 Å². The lowest BCUT2D eigenvalue weighted by Gasteiger charge is -2.33. The molecule has 0 spiro atoms. The summed E-state index contributed by atoms with van der Waals surface area (Å²) in [4.78, 5) is 0. The molecule has 1 nitrogen and oxygen atoms in total. The highest BCUT2D eigenvalue weighted by Crippen LogP contribution is 2.36. The van der Waals surface area contributed by atoms with Crippen LogP contribution in [0.5, 0.6) is 0 Å². The summed E-state index contributed by atoms with van der Waals surface area (Å²) in [6.07, 6.45) is 2.48. The largest absolute Gasteiger partial charge is 0.381 e. The standard InChI is InChI=1S/C16H24O/c1-4-13-9-10-17-11-16(13)15-8-6-5-7-14(15)12(2)3/h5-8,12-13,16H,4,9-11H2,1-3H3. The first-order chi connectivity index (χ1) is 8.24. The molecule has 1 aliphatic heterocycles. The predicted molar refractivity (Wildman–Crippen MR) is 72.5 cm³/mol. The summed E-state index contributed by atoms with van der Waals surface area (Å²) in [6.45, 7) is 8.72. The molecule has 0 aliphatic carbocycles. The van der Waals surface area contributed by atoms with Crippen LogP contribution in [0, 0.1) is 5.92 Å². The van der Waals surface area contributed by atoms with Crippen LogP contribution >= 0.6 is 0 Å². The average Bonchev–Trinajstić information content (AvgIpc) is 2.38. The fraction of sp³-hybridized carbons (Fsp3) is 0.625. The molecule has 0 bridgehead atoms. The highest BCUT2D eigenvalue weighted by molar-refractivity contribution is 5.33. The summed E-state index contributed by atoms with van der Waals surface area (Å²) in [5, 5.41) is 0. The maximum atomic E-state index is 5.70. The minimum atomic E-state index is 0.602. The van der Waals surface area contributed by atoms with Crippen LogP contribution < -0.4 is 0 Å². The van der Waals surface area contributed by atoms with E-state index in [1.807, 2.05) is 0 Å². The minimum Gasteiger partial charge on any atom is -0.381 e. The molecule has 2 atom stereocenters. The highest BCUT2D eigenvalue weighted by atomic mass is 16.5. The molecule has 1 heteroatoms. The SMILES string of the molecule is CCC1CCOCC1c1ccccc1C(C)C. The van der Waals surface area contributed by atoms with E-state index in [4.69, 9.17) is 4.74 Å². The molecule has 0 saturated carbocycles. The normalized spacial score (nSPS) is 25.2. The van der Waals surface area contributed by atoms with Gasteiger partial charge in [0.25, 0.3) is 0 Å². The molecule has 17 heavy (non-hydrogen) atoms. The molecule has 2 unspecified atom stereocenters. The van der Waals surface area contributed by atoms with Gasteiger partial charge in [-0.2, -0.15) is 0 Å². The first-order valence-corrected chi connectivity index (χ1v) is 6.90. The van der Waals surface area contributed by atoms with Gasteiger partial charge in [0.1, 0.15) is 0 Å². The second-order valence-corrected chi connectivity index (χ2v) is 5.42. The third-order valence-electron chi connectivity index (χ3n) is 4.04. The van der Waals surface area contributed by atoms with Gasteiger partial charge in [0.05, 0.1) is 6.61 Å². The Kier molecular flexibility index (Phi) is 4.22. The Morgan fingerprint density at radius 2 is 2.06 bits per heavy atom. The summed E-state index contributed by atoms with van der Waals surface area (Å²) in [7, 11) is 0. The van der Waals surface area contributed by atoms with E-state index >= 15 is 0 Å². The van der Waals surface area contributed by atoms with Crippen LogP contribution in [-0.4, -0.2) is 13.2 Å². The van der Waals surface area contributed by atoms with Crippen LogP contribution in [0.1, 0.15) is 56.6 Å².